The van der Waals surface area contributed by atoms with Crippen LogP contribution in [-0.2, 0) is 13.0 Å². The molecule has 1 aliphatic rings. The van der Waals surface area contributed by atoms with Crippen molar-refractivity contribution in [1.82, 2.24) is 0 Å². The van der Waals surface area contributed by atoms with Gasteiger partial charge in [0.05, 0.1) is 19.0 Å². The summed E-state index contributed by atoms with van der Waals surface area (Å²) in [6.07, 6.45) is 4.77. The lowest BCUT2D eigenvalue weighted by molar-refractivity contribution is 0.201. The lowest BCUT2D eigenvalue weighted by atomic mass is 9.89. The van der Waals surface area contributed by atoms with Gasteiger partial charge in [0.2, 0.25) is 0 Å². The first-order chi connectivity index (χ1) is 9.13. The maximum Gasteiger partial charge on any atom is 0.121 e. The topological polar surface area (TPSA) is 80.9 Å². The molecule has 4 heteroatoms. The van der Waals surface area contributed by atoms with Crippen LogP contribution in [0.25, 0.3) is 0 Å². The van der Waals surface area contributed by atoms with Gasteiger partial charge in [-0.3, -0.25) is 0 Å². The van der Waals surface area contributed by atoms with E-state index in [0.717, 1.165) is 11.1 Å². The van der Waals surface area contributed by atoms with Crippen LogP contribution in [0.4, 0.5) is 0 Å². The fourth-order valence-electron chi connectivity index (χ4n) is 2.26. The van der Waals surface area contributed by atoms with Crippen LogP contribution in [0.3, 0.4) is 0 Å². The maximum absolute atomic E-state index is 9.56. The predicted molar refractivity (Wildman–Crippen MR) is 71.7 cm³/mol. The molecule has 4 N–H and O–H groups in total. The van der Waals surface area contributed by atoms with E-state index in [1.807, 2.05) is 12.1 Å². The molecule has 0 aromatic heterocycles. The highest BCUT2D eigenvalue weighted by Gasteiger charge is 2.18. The molecule has 0 bridgehead atoms. The molecule has 0 fully saturated rings. The normalized spacial score (nSPS) is 18.9. The Labute approximate surface area is 112 Å². The highest BCUT2D eigenvalue weighted by Crippen LogP contribution is 2.27. The lowest BCUT2D eigenvalue weighted by Crippen LogP contribution is -2.14. The largest absolute Gasteiger partial charge is 0.512 e. The number of aromatic hydroxyl groups is 1. The number of rotatable bonds is 4. The highest BCUT2D eigenvalue weighted by atomic mass is 16.3. The average molecular weight is 262 g/mol. The smallest absolute Gasteiger partial charge is 0.121 e. The Kier molecular flexibility index (Phi) is 4.24. The first-order valence-electron chi connectivity index (χ1n) is 6.25. The second-order valence-electron chi connectivity index (χ2n) is 4.80. The Balaban J connectivity index is 2.14. The Hall–Kier alpha value is -1.78. The monoisotopic (exact) mass is 262 g/mol. The standard InChI is InChI=1S/C15H18O4/c16-8-12-6-10(1-3-14(12)18)5-11-2-4-15(19)13(7-11)9-17/h1-4,6,13,16-19H,5,7-9H2. The molecule has 102 valence electrons. The van der Waals surface area contributed by atoms with Crippen molar-refractivity contribution in [3.63, 3.8) is 0 Å². The fraction of sp³-hybridized carbons (Fsp3) is 0.333. The van der Waals surface area contributed by atoms with Gasteiger partial charge in [0, 0.05) is 11.5 Å². The van der Waals surface area contributed by atoms with Crippen molar-refractivity contribution in [2.45, 2.75) is 19.4 Å². The Bertz CT molecular complexity index is 517. The van der Waals surface area contributed by atoms with Crippen LogP contribution >= 0.6 is 0 Å². The van der Waals surface area contributed by atoms with Crippen molar-refractivity contribution < 1.29 is 20.4 Å². The van der Waals surface area contributed by atoms with Crippen LogP contribution in [0.1, 0.15) is 17.5 Å². The van der Waals surface area contributed by atoms with E-state index in [1.165, 1.54) is 0 Å². The molecule has 0 radical (unpaired) electrons. The summed E-state index contributed by atoms with van der Waals surface area (Å²) in [4.78, 5) is 0. The summed E-state index contributed by atoms with van der Waals surface area (Å²) >= 11 is 0. The summed E-state index contributed by atoms with van der Waals surface area (Å²) < 4.78 is 0. The number of phenols is 1. The summed E-state index contributed by atoms with van der Waals surface area (Å²) in [6.45, 7) is -0.268. The Morgan fingerprint density at radius 1 is 1.11 bits per heavy atom. The molecule has 1 atom stereocenters. The second-order valence-corrected chi connectivity index (χ2v) is 4.80. The Morgan fingerprint density at radius 2 is 1.89 bits per heavy atom. The van der Waals surface area contributed by atoms with Gasteiger partial charge in [-0.1, -0.05) is 17.7 Å². The number of aliphatic hydroxyl groups is 3. The van der Waals surface area contributed by atoms with E-state index in [2.05, 4.69) is 0 Å². The summed E-state index contributed by atoms with van der Waals surface area (Å²) in [5.74, 6) is 0.0806. The van der Waals surface area contributed by atoms with E-state index in [9.17, 15) is 10.2 Å². The molecule has 19 heavy (non-hydrogen) atoms. The zero-order valence-corrected chi connectivity index (χ0v) is 10.6. The van der Waals surface area contributed by atoms with Gasteiger partial charge in [0.1, 0.15) is 5.75 Å². The van der Waals surface area contributed by atoms with Gasteiger partial charge in [-0.2, -0.15) is 0 Å². The molecular formula is C15H18O4. The molecule has 1 unspecified atom stereocenters. The fourth-order valence-corrected chi connectivity index (χ4v) is 2.26. The quantitative estimate of drug-likeness (QED) is 0.667. The van der Waals surface area contributed by atoms with Crippen LogP contribution in [0, 0.1) is 5.92 Å². The molecule has 2 rings (SSSR count). The summed E-state index contributed by atoms with van der Waals surface area (Å²) in [6, 6.07) is 5.14. The van der Waals surface area contributed by atoms with Crippen molar-refractivity contribution in [2.24, 2.45) is 5.92 Å². The van der Waals surface area contributed by atoms with Crippen LogP contribution in [0.5, 0.6) is 5.75 Å². The van der Waals surface area contributed by atoms with Crippen LogP contribution in [-0.4, -0.2) is 27.0 Å². The van der Waals surface area contributed by atoms with Crippen molar-refractivity contribution in [1.29, 1.82) is 0 Å². The first-order valence-corrected chi connectivity index (χ1v) is 6.25. The summed E-state index contributed by atoms with van der Waals surface area (Å²) in [5, 5.41) is 37.4. The molecule has 0 heterocycles. The molecule has 1 aromatic carbocycles. The van der Waals surface area contributed by atoms with Gasteiger partial charge < -0.3 is 20.4 Å². The van der Waals surface area contributed by atoms with Gasteiger partial charge in [0.25, 0.3) is 0 Å². The second kappa shape index (κ2) is 5.91. The minimum Gasteiger partial charge on any atom is -0.512 e. The number of hydrogen-bond donors (Lipinski definition) is 4. The van der Waals surface area contributed by atoms with Gasteiger partial charge in [-0.25, -0.2) is 0 Å². The van der Waals surface area contributed by atoms with Gasteiger partial charge >= 0.3 is 0 Å². The van der Waals surface area contributed by atoms with E-state index in [0.29, 0.717) is 18.4 Å². The van der Waals surface area contributed by atoms with Crippen molar-refractivity contribution in [2.75, 3.05) is 6.61 Å². The molecule has 0 saturated heterocycles. The van der Waals surface area contributed by atoms with Crippen molar-refractivity contribution in [3.05, 3.63) is 52.8 Å². The number of aliphatic hydroxyl groups excluding tert-OH is 3. The molecule has 4 nitrogen and oxygen atoms in total. The summed E-state index contributed by atoms with van der Waals surface area (Å²) in [5.41, 5.74) is 2.59. The van der Waals surface area contributed by atoms with Crippen LogP contribution in [0.15, 0.2) is 41.7 Å². The van der Waals surface area contributed by atoms with Crippen molar-refractivity contribution >= 4 is 0 Å². The molecular weight excluding hydrogens is 244 g/mol. The maximum atomic E-state index is 9.56. The zero-order chi connectivity index (χ0) is 13.8. The van der Waals surface area contributed by atoms with Crippen LogP contribution < -0.4 is 0 Å². The van der Waals surface area contributed by atoms with Gasteiger partial charge in [-0.15, -0.1) is 0 Å². The van der Waals surface area contributed by atoms with E-state index in [-0.39, 0.29) is 30.6 Å². The van der Waals surface area contributed by atoms with E-state index >= 15 is 0 Å². The number of benzene rings is 1. The molecule has 0 amide bonds. The van der Waals surface area contributed by atoms with Gasteiger partial charge in [-0.05, 0) is 36.6 Å². The van der Waals surface area contributed by atoms with E-state index < -0.39 is 0 Å². The van der Waals surface area contributed by atoms with Gasteiger partial charge in [0.15, 0.2) is 0 Å². The molecule has 0 aliphatic heterocycles. The first kappa shape index (κ1) is 13.6. The highest BCUT2D eigenvalue weighted by molar-refractivity contribution is 5.38. The molecule has 1 aliphatic carbocycles. The third-order valence-corrected chi connectivity index (χ3v) is 3.38. The number of allylic oxidation sites excluding steroid dienone is 3. The molecule has 0 saturated carbocycles. The molecule has 1 aromatic rings. The Morgan fingerprint density at radius 3 is 2.58 bits per heavy atom. The van der Waals surface area contributed by atoms with E-state index in [1.54, 1.807) is 18.2 Å². The lowest BCUT2D eigenvalue weighted by Gasteiger charge is -2.19. The minimum atomic E-state index is -0.227. The number of hydrogen-bond acceptors (Lipinski definition) is 4. The van der Waals surface area contributed by atoms with Crippen LogP contribution in [0.2, 0.25) is 0 Å². The third kappa shape index (κ3) is 3.16. The molecule has 0 spiro atoms. The predicted octanol–water partition coefficient (Wildman–Crippen LogP) is 1.81. The summed E-state index contributed by atoms with van der Waals surface area (Å²) in [7, 11) is 0. The SMILES string of the molecule is OCc1cc(CC2=CC=C(O)C(CO)C2)ccc1O. The zero-order valence-electron chi connectivity index (χ0n) is 10.6. The van der Waals surface area contributed by atoms with Crippen molar-refractivity contribution in [3.8, 4) is 5.75 Å². The minimum absolute atomic E-state index is 0.0723. The van der Waals surface area contributed by atoms with E-state index in [4.69, 9.17) is 10.2 Å². The average Bonchev–Trinajstić information content (AvgIpc) is 2.43. The third-order valence-electron chi connectivity index (χ3n) is 3.38.